The molecule has 0 spiro atoms. The van der Waals surface area contributed by atoms with Crippen LogP contribution in [0, 0.1) is 12.8 Å². The Morgan fingerprint density at radius 1 is 1.38 bits per heavy atom. The minimum absolute atomic E-state index is 0.000637. The standard InChI is InChI=1S/C18H23BrN4O/c1-12-10-17(21-23(12)16-7-5-15(19)6-8-16)18(24)22-9-3-4-14(11-22)13(2)20/h5-8,10,13-14H,3-4,9,11,20H2,1-2H3/t13-,14-/m0/s1. The van der Waals surface area contributed by atoms with Crippen LogP contribution in [0.3, 0.4) is 0 Å². The first-order valence-electron chi connectivity index (χ1n) is 8.33. The molecule has 1 aliphatic heterocycles. The highest BCUT2D eigenvalue weighted by Crippen LogP contribution is 2.21. The number of hydrogen-bond donors (Lipinski definition) is 1. The van der Waals surface area contributed by atoms with Crippen LogP contribution in [0.5, 0.6) is 0 Å². The summed E-state index contributed by atoms with van der Waals surface area (Å²) in [6.07, 6.45) is 2.10. The summed E-state index contributed by atoms with van der Waals surface area (Å²) in [5, 5.41) is 4.53. The van der Waals surface area contributed by atoms with E-state index in [-0.39, 0.29) is 11.9 Å². The maximum absolute atomic E-state index is 12.8. The average molecular weight is 391 g/mol. The second-order valence-electron chi connectivity index (χ2n) is 6.57. The minimum Gasteiger partial charge on any atom is -0.337 e. The molecule has 2 atom stereocenters. The molecule has 128 valence electrons. The summed E-state index contributed by atoms with van der Waals surface area (Å²) in [7, 11) is 0. The van der Waals surface area contributed by atoms with Crippen molar-refractivity contribution in [2.24, 2.45) is 11.7 Å². The number of hydrogen-bond acceptors (Lipinski definition) is 3. The lowest BCUT2D eigenvalue weighted by Gasteiger charge is -2.34. The maximum atomic E-state index is 12.8. The number of piperidine rings is 1. The lowest BCUT2D eigenvalue weighted by molar-refractivity contribution is 0.0654. The van der Waals surface area contributed by atoms with Gasteiger partial charge in [-0.15, -0.1) is 0 Å². The monoisotopic (exact) mass is 390 g/mol. The molecule has 1 aliphatic rings. The molecular formula is C18H23BrN4O. The van der Waals surface area contributed by atoms with Gasteiger partial charge in [0.05, 0.1) is 5.69 Å². The van der Waals surface area contributed by atoms with Gasteiger partial charge < -0.3 is 10.6 Å². The second-order valence-corrected chi connectivity index (χ2v) is 7.49. The first-order chi connectivity index (χ1) is 11.5. The number of rotatable bonds is 3. The van der Waals surface area contributed by atoms with Crippen LogP contribution >= 0.6 is 15.9 Å². The summed E-state index contributed by atoms with van der Waals surface area (Å²) in [5.41, 5.74) is 8.42. The van der Waals surface area contributed by atoms with Crippen molar-refractivity contribution in [2.75, 3.05) is 13.1 Å². The smallest absolute Gasteiger partial charge is 0.274 e. The van der Waals surface area contributed by atoms with E-state index in [0.29, 0.717) is 11.6 Å². The molecule has 0 radical (unpaired) electrons. The van der Waals surface area contributed by atoms with Gasteiger partial charge in [0.2, 0.25) is 0 Å². The summed E-state index contributed by atoms with van der Waals surface area (Å²) in [4.78, 5) is 14.7. The third-order valence-corrected chi connectivity index (χ3v) is 5.20. The Labute approximate surface area is 151 Å². The normalized spacial score (nSPS) is 19.3. The highest BCUT2D eigenvalue weighted by molar-refractivity contribution is 9.10. The van der Waals surface area contributed by atoms with E-state index < -0.39 is 0 Å². The van der Waals surface area contributed by atoms with Gasteiger partial charge in [-0.1, -0.05) is 15.9 Å². The van der Waals surface area contributed by atoms with E-state index in [0.717, 1.165) is 41.8 Å². The van der Waals surface area contributed by atoms with Crippen LogP contribution in [0.25, 0.3) is 5.69 Å². The third-order valence-electron chi connectivity index (χ3n) is 4.67. The van der Waals surface area contributed by atoms with Crippen molar-refractivity contribution in [3.05, 3.63) is 46.2 Å². The molecule has 0 bridgehead atoms. The van der Waals surface area contributed by atoms with Crippen molar-refractivity contribution in [1.82, 2.24) is 14.7 Å². The fraction of sp³-hybridized carbons (Fsp3) is 0.444. The maximum Gasteiger partial charge on any atom is 0.274 e. The molecule has 2 N–H and O–H groups in total. The SMILES string of the molecule is Cc1cc(C(=O)N2CCC[C@H]([C@H](C)N)C2)nn1-c1ccc(Br)cc1. The number of aromatic nitrogens is 2. The number of benzene rings is 1. The van der Waals surface area contributed by atoms with Crippen LogP contribution in [0.4, 0.5) is 0 Å². The van der Waals surface area contributed by atoms with Crippen LogP contribution in [0.15, 0.2) is 34.8 Å². The number of carbonyl (C=O) groups is 1. The van der Waals surface area contributed by atoms with Gasteiger partial charge in [-0.05, 0) is 62.9 Å². The molecule has 0 saturated carbocycles. The molecule has 0 unspecified atom stereocenters. The predicted molar refractivity (Wildman–Crippen MR) is 98.3 cm³/mol. The highest BCUT2D eigenvalue weighted by Gasteiger charge is 2.28. The molecular weight excluding hydrogens is 368 g/mol. The van der Waals surface area contributed by atoms with Gasteiger partial charge in [0.25, 0.3) is 5.91 Å². The highest BCUT2D eigenvalue weighted by atomic mass is 79.9. The number of carbonyl (C=O) groups excluding carboxylic acids is 1. The molecule has 1 fully saturated rings. The van der Waals surface area contributed by atoms with Crippen LogP contribution < -0.4 is 5.73 Å². The zero-order valence-corrected chi connectivity index (χ0v) is 15.7. The van der Waals surface area contributed by atoms with E-state index in [1.807, 2.05) is 53.8 Å². The predicted octanol–water partition coefficient (Wildman–Crippen LogP) is 3.14. The molecule has 1 aromatic heterocycles. The summed E-state index contributed by atoms with van der Waals surface area (Å²) in [6, 6.07) is 9.87. The molecule has 2 heterocycles. The third kappa shape index (κ3) is 3.54. The second kappa shape index (κ2) is 7.07. The Balaban J connectivity index is 1.81. The Bertz CT molecular complexity index is 723. The van der Waals surface area contributed by atoms with Crippen LogP contribution in [-0.2, 0) is 0 Å². The summed E-state index contributed by atoms with van der Waals surface area (Å²) >= 11 is 3.43. The van der Waals surface area contributed by atoms with Crippen molar-refractivity contribution in [2.45, 2.75) is 32.7 Å². The first-order valence-corrected chi connectivity index (χ1v) is 9.12. The summed E-state index contributed by atoms with van der Waals surface area (Å²) < 4.78 is 2.83. The molecule has 24 heavy (non-hydrogen) atoms. The minimum atomic E-state index is -0.000637. The van der Waals surface area contributed by atoms with Gasteiger partial charge in [0.1, 0.15) is 0 Å². The van der Waals surface area contributed by atoms with Gasteiger partial charge in [-0.3, -0.25) is 4.79 Å². The first kappa shape index (κ1) is 17.2. The molecule has 6 heteroatoms. The van der Waals surface area contributed by atoms with Crippen molar-refractivity contribution >= 4 is 21.8 Å². The summed E-state index contributed by atoms with van der Waals surface area (Å²) in [5.74, 6) is 0.372. The van der Waals surface area contributed by atoms with Crippen molar-refractivity contribution in [3.63, 3.8) is 0 Å². The van der Waals surface area contributed by atoms with Crippen LogP contribution in [0.2, 0.25) is 0 Å². The number of aryl methyl sites for hydroxylation is 1. The van der Waals surface area contributed by atoms with E-state index in [4.69, 9.17) is 5.73 Å². The van der Waals surface area contributed by atoms with Crippen LogP contribution in [-0.4, -0.2) is 39.7 Å². The van der Waals surface area contributed by atoms with Crippen LogP contribution in [0.1, 0.15) is 35.9 Å². The van der Waals surface area contributed by atoms with Gasteiger partial charge >= 0.3 is 0 Å². The number of amides is 1. The Hall–Kier alpha value is -1.66. The number of likely N-dealkylation sites (tertiary alicyclic amines) is 1. The Morgan fingerprint density at radius 3 is 2.75 bits per heavy atom. The van der Waals surface area contributed by atoms with Gasteiger partial charge in [0, 0.05) is 29.3 Å². The zero-order chi connectivity index (χ0) is 17.3. The molecule has 1 aromatic carbocycles. The molecule has 0 aliphatic carbocycles. The van der Waals surface area contributed by atoms with Gasteiger partial charge in [0.15, 0.2) is 5.69 Å². The quantitative estimate of drug-likeness (QED) is 0.875. The summed E-state index contributed by atoms with van der Waals surface area (Å²) in [6.45, 7) is 5.49. The Morgan fingerprint density at radius 2 is 2.08 bits per heavy atom. The van der Waals surface area contributed by atoms with E-state index >= 15 is 0 Å². The number of halogens is 1. The largest absolute Gasteiger partial charge is 0.337 e. The average Bonchev–Trinajstić information content (AvgIpc) is 2.97. The van der Waals surface area contributed by atoms with E-state index in [1.54, 1.807) is 0 Å². The lowest BCUT2D eigenvalue weighted by atomic mass is 9.92. The van der Waals surface area contributed by atoms with Crippen molar-refractivity contribution < 1.29 is 4.79 Å². The molecule has 1 amide bonds. The van der Waals surface area contributed by atoms with Crippen molar-refractivity contribution in [1.29, 1.82) is 0 Å². The lowest BCUT2D eigenvalue weighted by Crippen LogP contribution is -2.45. The topological polar surface area (TPSA) is 64.2 Å². The van der Waals surface area contributed by atoms with Gasteiger partial charge in [-0.2, -0.15) is 5.10 Å². The zero-order valence-electron chi connectivity index (χ0n) is 14.1. The molecule has 2 aromatic rings. The molecule has 1 saturated heterocycles. The molecule has 3 rings (SSSR count). The number of nitrogens with zero attached hydrogens (tertiary/aromatic N) is 3. The molecule has 5 nitrogen and oxygen atoms in total. The van der Waals surface area contributed by atoms with E-state index in [9.17, 15) is 4.79 Å². The Kier molecular flexibility index (Phi) is 5.06. The van der Waals surface area contributed by atoms with Crippen molar-refractivity contribution in [3.8, 4) is 5.69 Å². The van der Waals surface area contributed by atoms with Gasteiger partial charge in [-0.25, -0.2) is 4.68 Å². The fourth-order valence-electron chi connectivity index (χ4n) is 3.21. The fourth-order valence-corrected chi connectivity index (χ4v) is 3.47. The van der Waals surface area contributed by atoms with E-state index in [1.165, 1.54) is 0 Å². The van der Waals surface area contributed by atoms with E-state index in [2.05, 4.69) is 21.0 Å². The number of nitrogens with two attached hydrogens (primary N) is 1.